The van der Waals surface area contributed by atoms with Crippen molar-refractivity contribution < 1.29 is 23.1 Å². The maximum atomic E-state index is 13.3. The normalized spacial score (nSPS) is 22.9. The van der Waals surface area contributed by atoms with Crippen LogP contribution in [0.15, 0.2) is 6.07 Å². The van der Waals surface area contributed by atoms with Gasteiger partial charge in [0.05, 0.1) is 5.92 Å². The van der Waals surface area contributed by atoms with Gasteiger partial charge in [-0.1, -0.05) is 0 Å². The molecule has 160 valence electrons. The van der Waals surface area contributed by atoms with Crippen molar-refractivity contribution in [3.63, 3.8) is 0 Å². The molecule has 0 bridgehead atoms. The maximum absolute atomic E-state index is 13.3. The van der Waals surface area contributed by atoms with Gasteiger partial charge in [0.25, 0.3) is 0 Å². The lowest BCUT2D eigenvalue weighted by molar-refractivity contribution is -0.142. The van der Waals surface area contributed by atoms with Crippen LogP contribution in [0.2, 0.25) is 0 Å². The molecular weight excluding hydrogens is 422 g/mol. The van der Waals surface area contributed by atoms with E-state index < -0.39 is 23.8 Å². The van der Waals surface area contributed by atoms with Gasteiger partial charge >= 0.3 is 12.1 Å². The quantitative estimate of drug-likeness (QED) is 0.737. The first kappa shape index (κ1) is 24.5. The summed E-state index contributed by atoms with van der Waals surface area (Å²) in [7, 11) is 0. The molecule has 12 heteroatoms. The zero-order valence-electron chi connectivity index (χ0n) is 15.1. The van der Waals surface area contributed by atoms with Crippen LogP contribution in [0.4, 0.5) is 24.9 Å². The molecule has 2 saturated heterocycles. The number of nitrogens with two attached hydrogens (primary N) is 1. The van der Waals surface area contributed by atoms with Crippen LogP contribution in [-0.4, -0.2) is 53.3 Å². The fraction of sp³-hybridized carbons (Fsp3) is 0.688. The Kier molecular flexibility index (Phi) is 8.58. The molecule has 2 aliphatic heterocycles. The highest BCUT2D eigenvalue weighted by Crippen LogP contribution is 2.33. The predicted octanol–water partition coefficient (Wildman–Crippen LogP) is 2.57. The Bertz CT molecular complexity index is 674. The van der Waals surface area contributed by atoms with Crippen molar-refractivity contribution in [3.05, 3.63) is 11.8 Å². The van der Waals surface area contributed by atoms with Crippen LogP contribution in [-0.2, 0) is 11.0 Å². The molecule has 3 heterocycles. The number of rotatable bonds is 3. The molecule has 0 saturated carbocycles. The number of anilines is 2. The summed E-state index contributed by atoms with van der Waals surface area (Å²) < 4.78 is 40.0. The minimum Gasteiger partial charge on any atom is -0.481 e. The molecule has 0 amide bonds. The molecule has 2 atom stereocenters. The van der Waals surface area contributed by atoms with Gasteiger partial charge in [-0.05, 0) is 25.7 Å². The fourth-order valence-electron chi connectivity index (χ4n) is 3.40. The molecule has 3 N–H and O–H groups in total. The number of aromatic nitrogens is 2. The Hall–Kier alpha value is -1.52. The highest BCUT2D eigenvalue weighted by molar-refractivity contribution is 5.85. The SMILES string of the molecule is Cl.Cl.N[C@@H]1CC[C@H](C(=O)O)CN(c2cc(C(F)(F)F)nc(N3CCCC3)n2)C1. The Balaban J connectivity index is 0.00000196. The second-order valence-electron chi connectivity index (χ2n) is 6.88. The standard InChI is InChI=1S/C16H22F3N5O2.2ClH/c17-16(18,19)12-7-13(22-15(21-12)23-5-1-2-6-23)24-8-10(14(25)26)3-4-11(20)9-24;;/h7,10-11H,1-6,8-9,20H2,(H,25,26);2*1H/t10-,11+;;/m0../s1. The first-order chi connectivity index (χ1) is 12.2. The number of alkyl halides is 3. The Morgan fingerprint density at radius 3 is 2.32 bits per heavy atom. The molecule has 2 aliphatic rings. The van der Waals surface area contributed by atoms with Gasteiger partial charge < -0.3 is 20.6 Å². The average molecular weight is 446 g/mol. The van der Waals surface area contributed by atoms with E-state index in [0.29, 0.717) is 25.9 Å². The van der Waals surface area contributed by atoms with E-state index in [1.165, 1.54) is 0 Å². The van der Waals surface area contributed by atoms with E-state index in [0.717, 1.165) is 18.9 Å². The molecule has 0 radical (unpaired) electrons. The molecule has 0 aliphatic carbocycles. The summed E-state index contributed by atoms with van der Waals surface area (Å²) in [6.07, 6.45) is -1.95. The summed E-state index contributed by atoms with van der Waals surface area (Å²) >= 11 is 0. The number of carboxylic acids is 1. The third-order valence-corrected chi connectivity index (χ3v) is 4.83. The molecule has 0 spiro atoms. The Labute approximate surface area is 173 Å². The number of hydrogen-bond acceptors (Lipinski definition) is 6. The van der Waals surface area contributed by atoms with Gasteiger partial charge in [0.15, 0.2) is 5.69 Å². The molecule has 1 aromatic heterocycles. The largest absolute Gasteiger partial charge is 0.481 e. The molecule has 0 aromatic carbocycles. The third kappa shape index (κ3) is 5.74. The summed E-state index contributed by atoms with van der Waals surface area (Å²) in [5, 5.41) is 9.34. The molecule has 3 rings (SSSR count). The van der Waals surface area contributed by atoms with E-state index >= 15 is 0 Å². The summed E-state index contributed by atoms with van der Waals surface area (Å²) in [5.74, 6) is -1.55. The van der Waals surface area contributed by atoms with E-state index in [1.807, 2.05) is 0 Å². The summed E-state index contributed by atoms with van der Waals surface area (Å²) in [4.78, 5) is 22.7. The van der Waals surface area contributed by atoms with Crippen molar-refractivity contribution in [1.82, 2.24) is 9.97 Å². The second-order valence-corrected chi connectivity index (χ2v) is 6.88. The fourth-order valence-corrected chi connectivity index (χ4v) is 3.40. The minimum atomic E-state index is -4.60. The van der Waals surface area contributed by atoms with Crippen molar-refractivity contribution in [2.24, 2.45) is 11.7 Å². The van der Waals surface area contributed by atoms with Gasteiger partial charge in [-0.15, -0.1) is 24.8 Å². The lowest BCUT2D eigenvalue weighted by Gasteiger charge is -2.27. The molecule has 0 unspecified atom stereocenters. The van der Waals surface area contributed by atoms with Gasteiger partial charge in [0.2, 0.25) is 5.95 Å². The van der Waals surface area contributed by atoms with E-state index in [4.69, 9.17) is 5.73 Å². The van der Waals surface area contributed by atoms with Gasteiger partial charge in [0, 0.05) is 38.3 Å². The van der Waals surface area contributed by atoms with E-state index in [1.54, 1.807) is 9.80 Å². The summed E-state index contributed by atoms with van der Waals surface area (Å²) in [6, 6.07) is 0.565. The summed E-state index contributed by atoms with van der Waals surface area (Å²) in [5.41, 5.74) is 4.98. The second kappa shape index (κ2) is 9.80. The number of halogens is 5. The van der Waals surface area contributed by atoms with Gasteiger partial charge in [0.1, 0.15) is 5.82 Å². The van der Waals surface area contributed by atoms with Gasteiger partial charge in [-0.2, -0.15) is 18.2 Å². The first-order valence-corrected chi connectivity index (χ1v) is 8.68. The molecule has 28 heavy (non-hydrogen) atoms. The smallest absolute Gasteiger partial charge is 0.433 e. The molecule has 2 fully saturated rings. The number of carboxylic acid groups (broad SMARTS) is 1. The molecular formula is C16H24Cl2F3N5O2. The van der Waals surface area contributed by atoms with E-state index in [2.05, 4.69) is 9.97 Å². The van der Waals surface area contributed by atoms with Crippen molar-refractivity contribution in [2.45, 2.75) is 37.9 Å². The van der Waals surface area contributed by atoms with Gasteiger partial charge in [-0.25, -0.2) is 4.98 Å². The highest BCUT2D eigenvalue weighted by Gasteiger charge is 2.36. The first-order valence-electron chi connectivity index (χ1n) is 8.68. The van der Waals surface area contributed by atoms with Crippen LogP contribution in [0.5, 0.6) is 0 Å². The zero-order valence-corrected chi connectivity index (χ0v) is 16.7. The lowest BCUT2D eigenvalue weighted by Crippen LogP contribution is -2.38. The van der Waals surface area contributed by atoms with Gasteiger partial charge in [-0.3, -0.25) is 4.79 Å². The Morgan fingerprint density at radius 1 is 1.11 bits per heavy atom. The van der Waals surface area contributed by atoms with Crippen LogP contribution in [0.25, 0.3) is 0 Å². The van der Waals surface area contributed by atoms with Crippen molar-refractivity contribution >= 4 is 42.5 Å². The highest BCUT2D eigenvalue weighted by atomic mass is 35.5. The van der Waals surface area contributed by atoms with Crippen molar-refractivity contribution in [1.29, 1.82) is 0 Å². The Morgan fingerprint density at radius 2 is 1.75 bits per heavy atom. The number of carbonyl (C=O) groups is 1. The third-order valence-electron chi connectivity index (χ3n) is 4.83. The topological polar surface area (TPSA) is 95.6 Å². The van der Waals surface area contributed by atoms with E-state index in [9.17, 15) is 23.1 Å². The lowest BCUT2D eigenvalue weighted by atomic mass is 10.0. The van der Waals surface area contributed by atoms with Crippen LogP contribution in [0, 0.1) is 5.92 Å². The van der Waals surface area contributed by atoms with Crippen LogP contribution in [0.3, 0.4) is 0 Å². The maximum Gasteiger partial charge on any atom is 0.433 e. The summed E-state index contributed by atoms with van der Waals surface area (Å²) in [6.45, 7) is 1.56. The number of aliphatic carboxylic acids is 1. The van der Waals surface area contributed by atoms with E-state index in [-0.39, 0.29) is 55.7 Å². The number of nitrogens with zero attached hydrogens (tertiary/aromatic N) is 4. The van der Waals surface area contributed by atoms with Crippen molar-refractivity contribution in [2.75, 3.05) is 36.0 Å². The number of hydrogen-bond donors (Lipinski definition) is 2. The zero-order chi connectivity index (χ0) is 18.9. The van der Waals surface area contributed by atoms with Crippen molar-refractivity contribution in [3.8, 4) is 0 Å². The van der Waals surface area contributed by atoms with Crippen LogP contribution < -0.4 is 15.5 Å². The molecule has 1 aromatic rings. The van der Waals surface area contributed by atoms with Crippen LogP contribution >= 0.6 is 24.8 Å². The van der Waals surface area contributed by atoms with Crippen LogP contribution in [0.1, 0.15) is 31.4 Å². The predicted molar refractivity (Wildman–Crippen MR) is 104 cm³/mol. The average Bonchev–Trinajstić information content (AvgIpc) is 3.03. The minimum absolute atomic E-state index is 0. The molecule has 7 nitrogen and oxygen atoms in total. The monoisotopic (exact) mass is 445 g/mol.